The smallest absolute Gasteiger partial charge is 0.407 e. The van der Waals surface area contributed by atoms with E-state index in [0.29, 0.717) is 6.04 Å². The van der Waals surface area contributed by atoms with Crippen molar-refractivity contribution in [2.45, 2.75) is 78.2 Å². The van der Waals surface area contributed by atoms with Gasteiger partial charge in [-0.15, -0.1) is 0 Å². The van der Waals surface area contributed by atoms with Crippen molar-refractivity contribution in [3.8, 4) is 0 Å². The van der Waals surface area contributed by atoms with Crippen molar-refractivity contribution < 1.29 is 14.6 Å². The van der Waals surface area contributed by atoms with Crippen molar-refractivity contribution >= 4 is 6.09 Å². The third-order valence-corrected chi connectivity index (χ3v) is 4.13. The van der Waals surface area contributed by atoms with Crippen LogP contribution in [0.2, 0.25) is 0 Å². The maximum absolute atomic E-state index is 11.9. The number of nitrogens with zero attached hydrogens (tertiary/aromatic N) is 1. The summed E-state index contributed by atoms with van der Waals surface area (Å²) in [5.74, 6) is 0.188. The fraction of sp³-hybridized carbons (Fsp3) is 0.938. The van der Waals surface area contributed by atoms with Crippen LogP contribution in [-0.2, 0) is 4.74 Å². The van der Waals surface area contributed by atoms with Gasteiger partial charge in [0.2, 0.25) is 0 Å². The average Bonchev–Trinajstić information content (AvgIpc) is 2.34. The monoisotopic (exact) mass is 300 g/mol. The maximum Gasteiger partial charge on any atom is 0.407 e. The molecule has 124 valence electrons. The molecule has 0 aromatic heterocycles. The summed E-state index contributed by atoms with van der Waals surface area (Å²) in [5, 5.41) is 12.9. The molecule has 1 aliphatic heterocycles. The van der Waals surface area contributed by atoms with Crippen molar-refractivity contribution in [2.24, 2.45) is 5.92 Å². The number of nitrogens with one attached hydrogen (secondary N) is 1. The molecule has 0 aromatic rings. The lowest BCUT2D eigenvalue weighted by Gasteiger charge is -2.42. The van der Waals surface area contributed by atoms with E-state index in [2.05, 4.69) is 24.1 Å². The number of carbonyl (C=O) groups excluding carboxylic acids is 1. The van der Waals surface area contributed by atoms with Crippen LogP contribution < -0.4 is 5.32 Å². The average molecular weight is 300 g/mol. The molecular weight excluding hydrogens is 268 g/mol. The molecule has 0 radical (unpaired) electrons. The molecule has 0 aliphatic carbocycles. The molecule has 1 heterocycles. The van der Waals surface area contributed by atoms with Gasteiger partial charge < -0.3 is 15.2 Å². The van der Waals surface area contributed by atoms with Crippen molar-refractivity contribution in [1.29, 1.82) is 0 Å². The second-order valence-electron chi connectivity index (χ2n) is 7.29. The lowest BCUT2D eigenvalue weighted by molar-refractivity contribution is 0.0202. The minimum absolute atomic E-state index is 0.0298. The number of piperidine rings is 1. The SMILES string of the molecule is CCC(C)N1CC(NC(=O)OC(C)(C)C)CC(C(C)O)C1. The van der Waals surface area contributed by atoms with E-state index in [1.165, 1.54) is 0 Å². The number of alkyl carbamates (subject to hydrolysis) is 1. The molecule has 1 fully saturated rings. The van der Waals surface area contributed by atoms with E-state index in [4.69, 9.17) is 4.74 Å². The Morgan fingerprint density at radius 1 is 1.38 bits per heavy atom. The van der Waals surface area contributed by atoms with Gasteiger partial charge in [-0.2, -0.15) is 0 Å². The Morgan fingerprint density at radius 3 is 2.48 bits per heavy atom. The van der Waals surface area contributed by atoms with Crippen molar-refractivity contribution in [3.05, 3.63) is 0 Å². The van der Waals surface area contributed by atoms with Gasteiger partial charge in [-0.3, -0.25) is 4.90 Å². The second kappa shape index (κ2) is 7.45. The Labute approximate surface area is 129 Å². The van der Waals surface area contributed by atoms with Crippen LogP contribution in [0.3, 0.4) is 0 Å². The quantitative estimate of drug-likeness (QED) is 0.837. The molecular formula is C16H32N2O3. The van der Waals surface area contributed by atoms with E-state index in [-0.39, 0.29) is 24.2 Å². The van der Waals surface area contributed by atoms with Gasteiger partial charge in [-0.1, -0.05) is 6.92 Å². The number of amides is 1. The summed E-state index contributed by atoms with van der Waals surface area (Å²) in [4.78, 5) is 14.3. The summed E-state index contributed by atoms with van der Waals surface area (Å²) in [6, 6.07) is 0.483. The minimum Gasteiger partial charge on any atom is -0.444 e. The van der Waals surface area contributed by atoms with E-state index in [1.54, 1.807) is 0 Å². The normalized spacial score (nSPS) is 27.0. The van der Waals surface area contributed by atoms with Crippen LogP contribution in [0.15, 0.2) is 0 Å². The molecule has 1 amide bonds. The van der Waals surface area contributed by atoms with Gasteiger partial charge in [0.1, 0.15) is 5.60 Å². The Kier molecular flexibility index (Phi) is 6.47. The number of likely N-dealkylation sites (tertiary alicyclic amines) is 1. The van der Waals surface area contributed by atoms with E-state index >= 15 is 0 Å². The molecule has 0 aromatic carbocycles. The molecule has 0 saturated carbocycles. The molecule has 0 spiro atoms. The fourth-order valence-electron chi connectivity index (χ4n) is 2.72. The summed E-state index contributed by atoms with van der Waals surface area (Å²) in [6.45, 7) is 13.5. The Hall–Kier alpha value is -0.810. The lowest BCUT2D eigenvalue weighted by Crippen LogP contribution is -2.55. The molecule has 4 unspecified atom stereocenters. The summed E-state index contributed by atoms with van der Waals surface area (Å²) in [5.41, 5.74) is -0.487. The zero-order valence-electron chi connectivity index (χ0n) is 14.3. The highest BCUT2D eigenvalue weighted by atomic mass is 16.6. The predicted molar refractivity (Wildman–Crippen MR) is 84.3 cm³/mol. The number of aliphatic hydroxyl groups is 1. The molecule has 1 saturated heterocycles. The van der Waals surface area contributed by atoms with Crippen LogP contribution in [0.4, 0.5) is 4.79 Å². The summed E-state index contributed by atoms with van der Waals surface area (Å²) < 4.78 is 5.33. The lowest BCUT2D eigenvalue weighted by atomic mass is 9.89. The van der Waals surface area contributed by atoms with Crippen molar-refractivity contribution in [2.75, 3.05) is 13.1 Å². The number of ether oxygens (including phenoxy) is 1. The zero-order chi connectivity index (χ0) is 16.2. The first-order valence-electron chi connectivity index (χ1n) is 8.04. The number of hydrogen-bond acceptors (Lipinski definition) is 4. The minimum atomic E-state index is -0.487. The van der Waals surface area contributed by atoms with Crippen LogP contribution in [0.1, 0.15) is 54.4 Å². The molecule has 4 atom stereocenters. The van der Waals surface area contributed by atoms with E-state index in [0.717, 1.165) is 25.9 Å². The first-order chi connectivity index (χ1) is 9.62. The van der Waals surface area contributed by atoms with E-state index in [9.17, 15) is 9.90 Å². The van der Waals surface area contributed by atoms with Crippen molar-refractivity contribution in [1.82, 2.24) is 10.2 Å². The number of carbonyl (C=O) groups is 1. The molecule has 21 heavy (non-hydrogen) atoms. The van der Waals surface area contributed by atoms with Crippen LogP contribution in [0.25, 0.3) is 0 Å². The first kappa shape index (κ1) is 18.2. The maximum atomic E-state index is 11.9. The largest absolute Gasteiger partial charge is 0.444 e. The molecule has 1 aliphatic rings. The number of hydrogen-bond donors (Lipinski definition) is 2. The Balaban J connectivity index is 2.65. The standard InChI is InChI=1S/C16H32N2O3/c1-7-11(2)18-9-13(12(3)19)8-14(10-18)17-15(20)21-16(4,5)6/h11-14,19H,7-10H2,1-6H3,(H,17,20). The highest BCUT2D eigenvalue weighted by Crippen LogP contribution is 2.23. The highest BCUT2D eigenvalue weighted by molar-refractivity contribution is 5.68. The van der Waals surface area contributed by atoms with Gasteiger partial charge in [0.25, 0.3) is 0 Å². The number of rotatable bonds is 4. The predicted octanol–water partition coefficient (Wildman–Crippen LogP) is 2.38. The second-order valence-corrected chi connectivity index (χ2v) is 7.29. The van der Waals surface area contributed by atoms with Gasteiger partial charge in [0.05, 0.1) is 6.10 Å². The van der Waals surface area contributed by atoms with E-state index < -0.39 is 5.60 Å². The summed E-state index contributed by atoms with van der Waals surface area (Å²) >= 11 is 0. The van der Waals surface area contributed by atoms with Gasteiger partial charge in [-0.05, 0) is 53.4 Å². The molecule has 0 bridgehead atoms. The third kappa shape index (κ3) is 6.22. The summed E-state index contributed by atoms with van der Waals surface area (Å²) in [7, 11) is 0. The van der Waals surface area contributed by atoms with Crippen molar-refractivity contribution in [3.63, 3.8) is 0 Å². The highest BCUT2D eigenvalue weighted by Gasteiger charge is 2.33. The Bertz CT molecular complexity index is 339. The van der Waals surface area contributed by atoms with Gasteiger partial charge in [-0.25, -0.2) is 4.79 Å². The fourth-order valence-corrected chi connectivity index (χ4v) is 2.72. The van der Waals surface area contributed by atoms with Gasteiger partial charge >= 0.3 is 6.09 Å². The molecule has 5 nitrogen and oxygen atoms in total. The molecule has 5 heteroatoms. The Morgan fingerprint density at radius 2 is 2.00 bits per heavy atom. The summed E-state index contributed by atoms with van der Waals surface area (Å²) in [6.07, 6.45) is 1.12. The topological polar surface area (TPSA) is 61.8 Å². The van der Waals surface area contributed by atoms with Crippen LogP contribution in [0, 0.1) is 5.92 Å². The third-order valence-electron chi connectivity index (χ3n) is 4.13. The van der Waals surface area contributed by atoms with Crippen LogP contribution in [-0.4, -0.2) is 53.0 Å². The van der Waals surface area contributed by atoms with E-state index in [1.807, 2.05) is 27.7 Å². The van der Waals surface area contributed by atoms with Gasteiger partial charge in [0, 0.05) is 25.2 Å². The van der Waals surface area contributed by atoms with Gasteiger partial charge in [0.15, 0.2) is 0 Å². The first-order valence-corrected chi connectivity index (χ1v) is 8.04. The van der Waals surface area contributed by atoms with Crippen LogP contribution >= 0.6 is 0 Å². The molecule has 1 rings (SSSR count). The van der Waals surface area contributed by atoms with Crippen LogP contribution in [0.5, 0.6) is 0 Å². The zero-order valence-corrected chi connectivity index (χ0v) is 14.3. The number of aliphatic hydroxyl groups excluding tert-OH is 1. The molecule has 2 N–H and O–H groups in total.